The van der Waals surface area contributed by atoms with Crippen LogP contribution < -0.4 is 5.32 Å². The molecular weight excluding hydrogens is 396 g/mol. The highest BCUT2D eigenvalue weighted by Crippen LogP contribution is 2.27. The molecule has 3 rings (SSSR count). The fourth-order valence-electron chi connectivity index (χ4n) is 3.84. The third kappa shape index (κ3) is 4.99. The standard InChI is InChI=1S/C19H30N4O5S/c1-3-20-18(24)14-21-7-6-8-22(12-11-21)19(25)16-13-17(15(2)28-16)29(26,27)23-9-4-5-10-23/h13H,3-12,14H2,1-2H3,(H,20,24). The second-order valence-electron chi connectivity index (χ2n) is 7.52. The Bertz CT molecular complexity index is 845. The van der Waals surface area contributed by atoms with Crippen LogP contribution in [0.1, 0.15) is 42.5 Å². The van der Waals surface area contributed by atoms with Crippen molar-refractivity contribution in [3.8, 4) is 0 Å². The number of amides is 2. The zero-order chi connectivity index (χ0) is 21.0. The fourth-order valence-corrected chi connectivity index (χ4v) is 5.52. The molecule has 2 fully saturated rings. The van der Waals surface area contributed by atoms with E-state index in [1.54, 1.807) is 11.8 Å². The number of nitrogens with zero attached hydrogens (tertiary/aromatic N) is 3. The van der Waals surface area contributed by atoms with E-state index in [2.05, 4.69) is 5.32 Å². The summed E-state index contributed by atoms with van der Waals surface area (Å²) in [6.45, 7) is 7.69. The highest BCUT2D eigenvalue weighted by atomic mass is 32.2. The monoisotopic (exact) mass is 426 g/mol. The molecule has 10 heteroatoms. The predicted octanol–water partition coefficient (Wildman–Crippen LogP) is 0.657. The van der Waals surface area contributed by atoms with Crippen LogP contribution in [0.15, 0.2) is 15.4 Å². The molecule has 0 radical (unpaired) electrons. The molecule has 0 spiro atoms. The lowest BCUT2D eigenvalue weighted by molar-refractivity contribution is -0.122. The molecule has 2 aliphatic heterocycles. The highest BCUT2D eigenvalue weighted by Gasteiger charge is 2.33. The van der Waals surface area contributed by atoms with Crippen LogP contribution in [-0.2, 0) is 14.8 Å². The molecule has 1 aromatic heterocycles. The van der Waals surface area contributed by atoms with E-state index in [0.717, 1.165) is 25.8 Å². The predicted molar refractivity (Wildman–Crippen MR) is 107 cm³/mol. The van der Waals surface area contributed by atoms with Crippen molar-refractivity contribution in [2.45, 2.75) is 38.0 Å². The first-order valence-corrected chi connectivity index (χ1v) is 11.7. The average molecular weight is 427 g/mol. The number of hydrogen-bond acceptors (Lipinski definition) is 6. The molecule has 1 aromatic rings. The number of likely N-dealkylation sites (N-methyl/N-ethyl adjacent to an activating group) is 1. The minimum absolute atomic E-state index is 0.0225. The molecule has 0 bridgehead atoms. The summed E-state index contributed by atoms with van der Waals surface area (Å²) in [5, 5.41) is 2.78. The molecular formula is C19H30N4O5S. The molecule has 0 atom stereocenters. The van der Waals surface area contributed by atoms with Gasteiger partial charge in [0.2, 0.25) is 15.9 Å². The third-order valence-corrected chi connectivity index (χ3v) is 7.39. The molecule has 2 aliphatic rings. The number of furan rings is 1. The van der Waals surface area contributed by atoms with E-state index in [9.17, 15) is 18.0 Å². The lowest BCUT2D eigenvalue weighted by atomic mass is 10.3. The Morgan fingerprint density at radius 2 is 1.79 bits per heavy atom. The molecule has 2 saturated heterocycles. The number of aryl methyl sites for hydroxylation is 1. The SMILES string of the molecule is CCNC(=O)CN1CCCN(C(=O)c2cc(S(=O)(=O)N3CCCC3)c(C)o2)CC1. The number of carbonyl (C=O) groups is 2. The van der Waals surface area contributed by atoms with Crippen LogP contribution in [0.4, 0.5) is 0 Å². The van der Waals surface area contributed by atoms with E-state index in [0.29, 0.717) is 45.8 Å². The Hall–Kier alpha value is -1.91. The number of nitrogens with one attached hydrogen (secondary N) is 1. The van der Waals surface area contributed by atoms with Gasteiger partial charge in [-0.3, -0.25) is 14.5 Å². The van der Waals surface area contributed by atoms with Crippen molar-refractivity contribution in [2.24, 2.45) is 0 Å². The Kier molecular flexibility index (Phi) is 6.97. The van der Waals surface area contributed by atoms with Crippen molar-refractivity contribution in [3.63, 3.8) is 0 Å². The van der Waals surface area contributed by atoms with E-state index in [-0.39, 0.29) is 28.2 Å². The van der Waals surface area contributed by atoms with E-state index < -0.39 is 10.0 Å². The van der Waals surface area contributed by atoms with Gasteiger partial charge >= 0.3 is 0 Å². The minimum Gasteiger partial charge on any atom is -0.455 e. The minimum atomic E-state index is -3.63. The van der Waals surface area contributed by atoms with Gasteiger partial charge in [0.15, 0.2) is 5.76 Å². The van der Waals surface area contributed by atoms with Crippen molar-refractivity contribution < 1.29 is 22.4 Å². The fraction of sp³-hybridized carbons (Fsp3) is 0.684. The van der Waals surface area contributed by atoms with Crippen LogP contribution in [0.3, 0.4) is 0 Å². The van der Waals surface area contributed by atoms with Gasteiger partial charge < -0.3 is 14.6 Å². The Morgan fingerprint density at radius 3 is 2.48 bits per heavy atom. The smallest absolute Gasteiger partial charge is 0.289 e. The summed E-state index contributed by atoms with van der Waals surface area (Å²) in [6, 6.07) is 1.36. The number of hydrogen-bond donors (Lipinski definition) is 1. The number of rotatable bonds is 6. The Balaban J connectivity index is 1.67. The van der Waals surface area contributed by atoms with E-state index in [1.807, 2.05) is 11.8 Å². The molecule has 2 amide bonds. The van der Waals surface area contributed by atoms with Gasteiger partial charge in [-0.15, -0.1) is 0 Å². The van der Waals surface area contributed by atoms with Crippen molar-refractivity contribution in [1.29, 1.82) is 0 Å². The molecule has 162 valence electrons. The molecule has 0 unspecified atom stereocenters. The zero-order valence-electron chi connectivity index (χ0n) is 17.1. The summed E-state index contributed by atoms with van der Waals surface area (Å²) >= 11 is 0. The molecule has 9 nitrogen and oxygen atoms in total. The van der Waals surface area contributed by atoms with Crippen LogP contribution in [0.2, 0.25) is 0 Å². The summed E-state index contributed by atoms with van der Waals surface area (Å²) in [5.41, 5.74) is 0. The van der Waals surface area contributed by atoms with Gasteiger partial charge in [0, 0.05) is 51.9 Å². The molecule has 0 aromatic carbocycles. The number of sulfonamides is 1. The Morgan fingerprint density at radius 1 is 1.07 bits per heavy atom. The third-order valence-electron chi connectivity index (χ3n) is 5.38. The van der Waals surface area contributed by atoms with Gasteiger partial charge in [0.25, 0.3) is 5.91 Å². The first-order chi connectivity index (χ1) is 13.8. The lowest BCUT2D eigenvalue weighted by Crippen LogP contribution is -2.40. The van der Waals surface area contributed by atoms with Crippen molar-refractivity contribution in [3.05, 3.63) is 17.6 Å². The normalized spacial score (nSPS) is 19.3. The van der Waals surface area contributed by atoms with Crippen LogP contribution in [0, 0.1) is 6.92 Å². The molecule has 3 heterocycles. The first kappa shape index (κ1) is 21.8. The quantitative estimate of drug-likeness (QED) is 0.717. The van der Waals surface area contributed by atoms with Crippen LogP contribution in [-0.4, -0.2) is 86.7 Å². The maximum Gasteiger partial charge on any atom is 0.289 e. The summed E-state index contributed by atoms with van der Waals surface area (Å²) in [7, 11) is -3.63. The Labute approximate surface area is 172 Å². The summed E-state index contributed by atoms with van der Waals surface area (Å²) in [6.07, 6.45) is 2.44. The van der Waals surface area contributed by atoms with Gasteiger partial charge in [-0.1, -0.05) is 0 Å². The zero-order valence-corrected chi connectivity index (χ0v) is 18.0. The van der Waals surface area contributed by atoms with E-state index in [1.165, 1.54) is 10.4 Å². The van der Waals surface area contributed by atoms with Crippen molar-refractivity contribution >= 4 is 21.8 Å². The lowest BCUT2D eigenvalue weighted by Gasteiger charge is -2.20. The van der Waals surface area contributed by atoms with Gasteiger partial charge in [0.1, 0.15) is 10.7 Å². The largest absolute Gasteiger partial charge is 0.455 e. The van der Waals surface area contributed by atoms with E-state index >= 15 is 0 Å². The maximum absolute atomic E-state index is 12.9. The summed E-state index contributed by atoms with van der Waals surface area (Å²) in [5.74, 6) is -0.0353. The molecule has 0 aliphatic carbocycles. The topological polar surface area (TPSA) is 103 Å². The summed E-state index contributed by atoms with van der Waals surface area (Å²) in [4.78, 5) is 28.5. The average Bonchev–Trinajstić information content (AvgIpc) is 3.29. The van der Waals surface area contributed by atoms with E-state index in [4.69, 9.17) is 4.42 Å². The molecule has 0 saturated carbocycles. The van der Waals surface area contributed by atoms with Crippen molar-refractivity contribution in [1.82, 2.24) is 19.4 Å². The van der Waals surface area contributed by atoms with Gasteiger partial charge in [-0.05, 0) is 33.1 Å². The van der Waals surface area contributed by atoms with Gasteiger partial charge in [0.05, 0.1) is 6.54 Å². The number of carbonyl (C=O) groups excluding carboxylic acids is 2. The van der Waals surface area contributed by atoms with Crippen molar-refractivity contribution in [2.75, 3.05) is 52.4 Å². The van der Waals surface area contributed by atoms with Gasteiger partial charge in [-0.25, -0.2) is 8.42 Å². The maximum atomic E-state index is 12.9. The highest BCUT2D eigenvalue weighted by molar-refractivity contribution is 7.89. The van der Waals surface area contributed by atoms with Crippen LogP contribution in [0.25, 0.3) is 0 Å². The molecule has 29 heavy (non-hydrogen) atoms. The second-order valence-corrected chi connectivity index (χ2v) is 9.42. The van der Waals surface area contributed by atoms with Crippen LogP contribution >= 0.6 is 0 Å². The summed E-state index contributed by atoms with van der Waals surface area (Å²) < 4.78 is 32.6. The molecule has 1 N–H and O–H groups in total. The first-order valence-electron chi connectivity index (χ1n) is 10.2. The van der Waals surface area contributed by atoms with Crippen LogP contribution in [0.5, 0.6) is 0 Å². The van der Waals surface area contributed by atoms with Gasteiger partial charge in [-0.2, -0.15) is 4.31 Å². The second kappa shape index (κ2) is 9.27.